The molecule has 9 nitrogen and oxygen atoms in total. The van der Waals surface area contributed by atoms with Crippen LogP contribution in [0.25, 0.3) is 10.8 Å². The van der Waals surface area contributed by atoms with Crippen molar-refractivity contribution in [2.24, 2.45) is 5.73 Å². The zero-order valence-corrected chi connectivity index (χ0v) is 23.4. The number of aromatic nitrogens is 1. The number of nitrogens with one attached hydrogen (secondary N) is 1. The van der Waals surface area contributed by atoms with Crippen LogP contribution >= 0.6 is 35.3 Å². The van der Waals surface area contributed by atoms with Crippen LogP contribution in [0, 0.1) is 0 Å². The number of amides is 2. The van der Waals surface area contributed by atoms with Crippen molar-refractivity contribution in [2.75, 3.05) is 13.1 Å². The molecule has 0 aliphatic carbocycles. The Morgan fingerprint density at radius 1 is 1.14 bits per heavy atom. The Balaban J connectivity index is 0.00000320. The Labute approximate surface area is 230 Å². The number of halogens is 2. The summed E-state index contributed by atoms with van der Waals surface area (Å²) in [5.74, 6) is -1.17. The molecule has 3 heterocycles. The van der Waals surface area contributed by atoms with Crippen molar-refractivity contribution in [1.82, 2.24) is 19.5 Å². The molecule has 0 bridgehead atoms. The van der Waals surface area contributed by atoms with Crippen LogP contribution in [0.1, 0.15) is 34.2 Å². The average molecular weight is 585 g/mol. The highest BCUT2D eigenvalue weighted by Gasteiger charge is 2.44. The molecule has 3 aromatic rings. The highest BCUT2D eigenvalue weighted by atomic mass is 35.5. The summed E-state index contributed by atoms with van der Waals surface area (Å²) < 4.78 is 28.3. The molecular weight excluding hydrogens is 557 g/mol. The van der Waals surface area contributed by atoms with Gasteiger partial charge < -0.3 is 16.0 Å². The number of carbonyl (C=O) groups excluding carboxylic acids is 2. The molecule has 1 aromatic heterocycles. The van der Waals surface area contributed by atoms with Gasteiger partial charge in [0.2, 0.25) is 15.9 Å². The van der Waals surface area contributed by atoms with Crippen LogP contribution in [0.5, 0.6) is 0 Å². The van der Waals surface area contributed by atoms with E-state index in [4.69, 9.17) is 17.3 Å². The summed E-state index contributed by atoms with van der Waals surface area (Å²) in [6.45, 7) is 4.21. The fraction of sp³-hybridized carbons (Fsp3) is 0.375. The van der Waals surface area contributed by atoms with E-state index in [1.165, 1.54) is 26.6 Å². The largest absolute Gasteiger partial charge is 0.368 e. The highest BCUT2D eigenvalue weighted by Crippen LogP contribution is 2.30. The van der Waals surface area contributed by atoms with E-state index in [1.54, 1.807) is 37.3 Å². The third-order valence-electron chi connectivity index (χ3n) is 6.70. The molecule has 2 aromatic carbocycles. The fourth-order valence-electron chi connectivity index (χ4n) is 4.83. The third kappa shape index (κ3) is 5.21. The summed E-state index contributed by atoms with van der Waals surface area (Å²) in [7, 11) is -3.95. The first-order chi connectivity index (χ1) is 17.0. The number of nitrogens with two attached hydrogens (primary N) is 1. The standard InChI is InChI=1S/C24H26ClN5O4S2.ClH/c1-13-7-19-21(10-27-13)35-23(28-19)24(32)30-14(2)11-29(12-20(30)22(26)31)36(33,34)18-6-4-15-8-17(25)5-3-16(15)9-18;/h3-6,8-9,13-14,20,27H,7,10-12H2,1-2H3,(H2,26,31);1H. The SMILES string of the molecule is CC1Cc2nc(C(=O)N3C(C)CN(S(=O)(=O)c4ccc5cc(Cl)ccc5c4)CC3C(N)=O)sc2CN1.Cl. The quantitative estimate of drug-likeness (QED) is 0.486. The van der Waals surface area contributed by atoms with Crippen molar-refractivity contribution in [1.29, 1.82) is 0 Å². The topological polar surface area (TPSA) is 126 Å². The second kappa shape index (κ2) is 10.5. The maximum absolute atomic E-state index is 13.5. The molecule has 3 N–H and O–H groups in total. The van der Waals surface area contributed by atoms with Crippen LogP contribution in [0.4, 0.5) is 0 Å². The summed E-state index contributed by atoms with van der Waals surface area (Å²) in [6, 6.07) is 8.57. The van der Waals surface area contributed by atoms with Crippen molar-refractivity contribution in [3.8, 4) is 0 Å². The van der Waals surface area contributed by atoms with Crippen LogP contribution in [0.15, 0.2) is 41.3 Å². The molecule has 1 saturated heterocycles. The maximum atomic E-state index is 13.5. The van der Waals surface area contributed by atoms with Gasteiger partial charge in [-0.05, 0) is 48.9 Å². The molecule has 3 unspecified atom stereocenters. The van der Waals surface area contributed by atoms with E-state index in [-0.39, 0.29) is 36.4 Å². The molecule has 0 spiro atoms. The first-order valence-electron chi connectivity index (χ1n) is 11.6. The van der Waals surface area contributed by atoms with E-state index >= 15 is 0 Å². The molecule has 0 radical (unpaired) electrons. The number of hydrogen-bond acceptors (Lipinski definition) is 7. The van der Waals surface area contributed by atoms with Gasteiger partial charge in [-0.25, -0.2) is 13.4 Å². The monoisotopic (exact) mass is 583 g/mol. The van der Waals surface area contributed by atoms with E-state index in [0.29, 0.717) is 16.6 Å². The molecular formula is C24H27Cl2N5O4S2. The summed E-state index contributed by atoms with van der Waals surface area (Å²) in [5, 5.41) is 5.74. The zero-order chi connectivity index (χ0) is 25.8. The van der Waals surface area contributed by atoms with Gasteiger partial charge in [-0.1, -0.05) is 23.7 Å². The van der Waals surface area contributed by atoms with Crippen molar-refractivity contribution >= 4 is 68.0 Å². The van der Waals surface area contributed by atoms with E-state index in [0.717, 1.165) is 27.8 Å². The lowest BCUT2D eigenvalue weighted by Crippen LogP contribution is -2.64. The normalized spacial score (nSPS) is 22.4. The van der Waals surface area contributed by atoms with E-state index < -0.39 is 33.9 Å². The maximum Gasteiger partial charge on any atom is 0.283 e. The van der Waals surface area contributed by atoms with Gasteiger partial charge in [-0.2, -0.15) is 4.31 Å². The molecule has 5 rings (SSSR count). The number of benzene rings is 2. The number of nitrogens with zero attached hydrogens (tertiary/aromatic N) is 3. The molecule has 13 heteroatoms. The molecule has 3 atom stereocenters. The molecule has 2 aliphatic rings. The second-order valence-corrected chi connectivity index (χ2v) is 12.8. The van der Waals surface area contributed by atoms with Gasteiger partial charge in [-0.15, -0.1) is 23.7 Å². The minimum absolute atomic E-state index is 0. The number of fused-ring (bicyclic) bond motifs is 2. The van der Waals surface area contributed by atoms with Crippen LogP contribution in [-0.2, 0) is 27.8 Å². The Hall–Kier alpha value is -2.28. The summed E-state index contributed by atoms with van der Waals surface area (Å²) in [5.41, 5.74) is 6.58. The van der Waals surface area contributed by atoms with Crippen molar-refractivity contribution < 1.29 is 18.0 Å². The minimum Gasteiger partial charge on any atom is -0.368 e. The van der Waals surface area contributed by atoms with Crippen molar-refractivity contribution in [2.45, 2.75) is 49.8 Å². The van der Waals surface area contributed by atoms with Gasteiger partial charge in [0.15, 0.2) is 5.01 Å². The Kier molecular flexibility index (Phi) is 7.85. The van der Waals surface area contributed by atoms with Crippen molar-refractivity contribution in [3.63, 3.8) is 0 Å². The molecule has 1 fully saturated rings. The Bertz CT molecular complexity index is 1480. The lowest BCUT2D eigenvalue weighted by atomic mass is 10.1. The van der Waals surface area contributed by atoms with Gasteiger partial charge >= 0.3 is 0 Å². The Morgan fingerprint density at radius 3 is 2.57 bits per heavy atom. The lowest BCUT2D eigenvalue weighted by Gasteiger charge is -2.43. The second-order valence-electron chi connectivity index (χ2n) is 9.33. The molecule has 37 heavy (non-hydrogen) atoms. The molecule has 2 amide bonds. The number of thiazole rings is 1. The minimum atomic E-state index is -3.95. The van der Waals surface area contributed by atoms with Crippen molar-refractivity contribution in [3.05, 3.63) is 57.0 Å². The van der Waals surface area contributed by atoms with Crippen LogP contribution in [-0.4, -0.2) is 65.6 Å². The number of sulfonamides is 1. The lowest BCUT2D eigenvalue weighted by molar-refractivity contribution is -0.124. The van der Waals surface area contributed by atoms with E-state index in [9.17, 15) is 18.0 Å². The van der Waals surface area contributed by atoms with Gasteiger partial charge in [0.05, 0.1) is 10.6 Å². The summed E-state index contributed by atoms with van der Waals surface area (Å²) in [6.07, 6.45) is 0.720. The molecule has 198 valence electrons. The number of primary amides is 1. The van der Waals surface area contributed by atoms with Gasteiger partial charge in [0, 0.05) is 48.0 Å². The Morgan fingerprint density at radius 2 is 1.84 bits per heavy atom. The summed E-state index contributed by atoms with van der Waals surface area (Å²) in [4.78, 5) is 33.0. The predicted octanol–water partition coefficient (Wildman–Crippen LogP) is 2.79. The van der Waals surface area contributed by atoms with Crippen LogP contribution in [0.3, 0.4) is 0 Å². The number of carbonyl (C=O) groups is 2. The van der Waals surface area contributed by atoms with E-state index in [1.807, 2.05) is 0 Å². The predicted molar refractivity (Wildman–Crippen MR) is 146 cm³/mol. The molecule has 0 saturated carbocycles. The average Bonchev–Trinajstić information content (AvgIpc) is 3.26. The number of piperazine rings is 1. The number of hydrogen-bond donors (Lipinski definition) is 2. The van der Waals surface area contributed by atoms with E-state index in [2.05, 4.69) is 17.2 Å². The van der Waals surface area contributed by atoms with Gasteiger partial charge in [0.1, 0.15) is 6.04 Å². The van der Waals surface area contributed by atoms with Crippen LogP contribution in [0.2, 0.25) is 5.02 Å². The summed E-state index contributed by atoms with van der Waals surface area (Å²) >= 11 is 7.34. The smallest absolute Gasteiger partial charge is 0.283 e. The first kappa shape index (κ1) is 27.7. The number of rotatable bonds is 4. The third-order valence-corrected chi connectivity index (χ3v) is 9.85. The zero-order valence-electron chi connectivity index (χ0n) is 20.2. The first-order valence-corrected chi connectivity index (χ1v) is 14.2. The van der Waals surface area contributed by atoms with Gasteiger partial charge in [-0.3, -0.25) is 9.59 Å². The molecule has 2 aliphatic heterocycles. The van der Waals surface area contributed by atoms with Gasteiger partial charge in [0.25, 0.3) is 5.91 Å². The van der Waals surface area contributed by atoms with Crippen LogP contribution < -0.4 is 11.1 Å². The fourth-order valence-corrected chi connectivity index (χ4v) is 7.55. The highest BCUT2D eigenvalue weighted by molar-refractivity contribution is 7.89.